The Hall–Kier alpha value is -0.420. The van der Waals surface area contributed by atoms with Crippen molar-refractivity contribution >= 4 is 17.8 Å². The van der Waals surface area contributed by atoms with E-state index in [9.17, 15) is 9.90 Å². The Morgan fingerprint density at radius 2 is 2.12 bits per heavy atom. The van der Waals surface area contributed by atoms with Crippen molar-refractivity contribution in [2.24, 2.45) is 0 Å². The molecule has 0 spiro atoms. The molecular weight excluding hydrogens is 224 g/mol. The van der Waals surface area contributed by atoms with Crippen LogP contribution in [0.15, 0.2) is 0 Å². The number of nitrogens with zero attached hydrogens (tertiary/aromatic N) is 1. The maximum absolute atomic E-state index is 11.7. The fraction of sp³-hybridized carbons (Fsp3) is 0.909. The number of nitrogens with one attached hydrogen (secondary N) is 1. The number of aliphatic hydroxyl groups is 1. The van der Waals surface area contributed by atoms with Crippen LogP contribution in [-0.4, -0.2) is 53.3 Å². The van der Waals surface area contributed by atoms with Crippen LogP contribution in [0.5, 0.6) is 0 Å². The number of rotatable bonds is 7. The number of carbonyl (C=O) groups excluding carboxylic acids is 1. The van der Waals surface area contributed by atoms with Crippen LogP contribution in [0.1, 0.15) is 27.2 Å². The number of likely N-dealkylation sites (N-methyl/N-ethyl adjacent to an activating group) is 1. The van der Waals surface area contributed by atoms with Gasteiger partial charge in [-0.15, -0.1) is 0 Å². The molecule has 0 heterocycles. The van der Waals surface area contributed by atoms with Gasteiger partial charge in [-0.05, 0) is 39.2 Å². The summed E-state index contributed by atoms with van der Waals surface area (Å²) >= 11 is 1.77. The first kappa shape index (κ1) is 15.6. The van der Waals surface area contributed by atoms with E-state index in [1.807, 2.05) is 6.92 Å². The molecule has 16 heavy (non-hydrogen) atoms. The van der Waals surface area contributed by atoms with Gasteiger partial charge in [0.2, 0.25) is 0 Å². The van der Waals surface area contributed by atoms with Gasteiger partial charge in [-0.2, -0.15) is 11.8 Å². The lowest BCUT2D eigenvalue weighted by atomic mass is 10.1. The van der Waals surface area contributed by atoms with Gasteiger partial charge in [0.05, 0.1) is 12.1 Å². The average Bonchev–Trinajstić information content (AvgIpc) is 2.19. The summed E-state index contributed by atoms with van der Waals surface area (Å²) < 4.78 is 0. The zero-order valence-corrected chi connectivity index (χ0v) is 11.6. The van der Waals surface area contributed by atoms with Gasteiger partial charge in [0.25, 0.3) is 0 Å². The van der Waals surface area contributed by atoms with E-state index in [0.29, 0.717) is 19.6 Å². The number of hydrogen-bond donors (Lipinski definition) is 2. The first-order valence-electron chi connectivity index (χ1n) is 5.64. The minimum atomic E-state index is -0.841. The third kappa shape index (κ3) is 7.82. The van der Waals surface area contributed by atoms with Gasteiger partial charge in [0.1, 0.15) is 0 Å². The van der Waals surface area contributed by atoms with E-state index in [1.54, 1.807) is 30.5 Å². The molecule has 0 radical (unpaired) electrons. The normalized spacial score (nSPS) is 11.3. The molecule has 0 aliphatic carbocycles. The fourth-order valence-corrected chi connectivity index (χ4v) is 1.75. The number of thioether (sulfide) groups is 1. The highest BCUT2D eigenvalue weighted by atomic mass is 32.2. The Labute approximate surface area is 103 Å². The van der Waals surface area contributed by atoms with Crippen molar-refractivity contribution in [1.82, 2.24) is 10.2 Å². The molecule has 0 bridgehead atoms. The van der Waals surface area contributed by atoms with Gasteiger partial charge in [0.15, 0.2) is 0 Å². The standard InChI is InChI=1S/C11H24N2O2S/c1-5-13(9-11(2,3)15)10(14)12-7-6-8-16-4/h15H,5-9H2,1-4H3,(H,12,14). The first-order chi connectivity index (χ1) is 7.40. The molecule has 0 saturated heterocycles. The molecule has 2 amide bonds. The lowest BCUT2D eigenvalue weighted by Crippen LogP contribution is -2.47. The average molecular weight is 248 g/mol. The van der Waals surface area contributed by atoms with Crippen molar-refractivity contribution in [3.05, 3.63) is 0 Å². The Morgan fingerprint density at radius 3 is 2.56 bits per heavy atom. The quantitative estimate of drug-likeness (QED) is 0.672. The first-order valence-corrected chi connectivity index (χ1v) is 7.04. The minimum absolute atomic E-state index is 0.0919. The van der Waals surface area contributed by atoms with Crippen LogP contribution >= 0.6 is 11.8 Å². The van der Waals surface area contributed by atoms with E-state index >= 15 is 0 Å². The molecule has 0 aromatic carbocycles. The molecule has 0 rings (SSSR count). The maximum Gasteiger partial charge on any atom is 0.317 e. The molecule has 96 valence electrons. The summed E-state index contributed by atoms with van der Waals surface area (Å²) in [6.07, 6.45) is 3.03. The molecule has 4 nitrogen and oxygen atoms in total. The lowest BCUT2D eigenvalue weighted by molar-refractivity contribution is 0.0480. The molecule has 0 saturated carbocycles. The summed E-state index contributed by atoms with van der Waals surface area (Å²) in [5, 5.41) is 12.5. The van der Waals surface area contributed by atoms with E-state index in [1.165, 1.54) is 0 Å². The topological polar surface area (TPSA) is 52.6 Å². The largest absolute Gasteiger partial charge is 0.389 e. The summed E-state index contributed by atoms with van der Waals surface area (Å²) in [6.45, 7) is 6.98. The van der Waals surface area contributed by atoms with E-state index in [-0.39, 0.29) is 6.03 Å². The predicted molar refractivity (Wildman–Crippen MR) is 69.9 cm³/mol. The monoisotopic (exact) mass is 248 g/mol. The number of hydrogen-bond acceptors (Lipinski definition) is 3. The van der Waals surface area contributed by atoms with Crippen LogP contribution in [0.25, 0.3) is 0 Å². The van der Waals surface area contributed by atoms with Crippen molar-refractivity contribution in [3.63, 3.8) is 0 Å². The van der Waals surface area contributed by atoms with Gasteiger partial charge in [-0.3, -0.25) is 0 Å². The molecule has 0 atom stereocenters. The lowest BCUT2D eigenvalue weighted by Gasteiger charge is -2.28. The Morgan fingerprint density at radius 1 is 1.50 bits per heavy atom. The summed E-state index contributed by atoms with van der Waals surface area (Å²) in [4.78, 5) is 13.3. The van der Waals surface area contributed by atoms with E-state index < -0.39 is 5.60 Å². The third-order valence-electron chi connectivity index (χ3n) is 2.05. The molecular formula is C11H24N2O2S. The summed E-state index contributed by atoms with van der Waals surface area (Å²) in [7, 11) is 0. The number of carbonyl (C=O) groups is 1. The molecule has 0 unspecified atom stereocenters. The van der Waals surface area contributed by atoms with Crippen molar-refractivity contribution in [1.29, 1.82) is 0 Å². The van der Waals surface area contributed by atoms with Gasteiger partial charge in [-0.1, -0.05) is 0 Å². The van der Waals surface area contributed by atoms with Crippen molar-refractivity contribution in [2.45, 2.75) is 32.8 Å². The number of amides is 2. The summed E-state index contributed by atoms with van der Waals surface area (Å²) in [6, 6.07) is -0.0919. The second kappa shape index (κ2) is 7.79. The Bertz CT molecular complexity index is 205. The van der Waals surface area contributed by atoms with E-state index in [4.69, 9.17) is 0 Å². The third-order valence-corrected chi connectivity index (χ3v) is 2.75. The van der Waals surface area contributed by atoms with Gasteiger partial charge < -0.3 is 15.3 Å². The van der Waals surface area contributed by atoms with Crippen molar-refractivity contribution < 1.29 is 9.90 Å². The van der Waals surface area contributed by atoms with Crippen LogP contribution in [0.2, 0.25) is 0 Å². The number of urea groups is 1. The molecule has 0 aliphatic rings. The van der Waals surface area contributed by atoms with Crippen LogP contribution in [-0.2, 0) is 0 Å². The highest BCUT2D eigenvalue weighted by Gasteiger charge is 2.20. The molecule has 0 fully saturated rings. The molecule has 0 aromatic rings. The highest BCUT2D eigenvalue weighted by Crippen LogP contribution is 2.04. The molecule has 0 aliphatic heterocycles. The molecule has 2 N–H and O–H groups in total. The second-order valence-corrected chi connectivity index (χ2v) is 5.39. The van der Waals surface area contributed by atoms with Gasteiger partial charge in [0, 0.05) is 13.1 Å². The molecule has 5 heteroatoms. The van der Waals surface area contributed by atoms with E-state index in [2.05, 4.69) is 11.6 Å². The van der Waals surface area contributed by atoms with Crippen LogP contribution in [0, 0.1) is 0 Å². The fourth-order valence-electron chi connectivity index (χ4n) is 1.32. The predicted octanol–water partition coefficient (Wildman–Crippen LogP) is 1.54. The smallest absolute Gasteiger partial charge is 0.317 e. The van der Waals surface area contributed by atoms with Crippen molar-refractivity contribution in [2.75, 3.05) is 31.6 Å². The Balaban J connectivity index is 3.92. The van der Waals surface area contributed by atoms with Crippen LogP contribution in [0.4, 0.5) is 4.79 Å². The zero-order valence-electron chi connectivity index (χ0n) is 10.7. The van der Waals surface area contributed by atoms with Crippen LogP contribution in [0.3, 0.4) is 0 Å². The zero-order chi connectivity index (χ0) is 12.6. The SMILES string of the molecule is CCN(CC(C)(C)O)C(=O)NCCCSC. The highest BCUT2D eigenvalue weighted by molar-refractivity contribution is 7.98. The van der Waals surface area contributed by atoms with Gasteiger partial charge in [-0.25, -0.2) is 4.79 Å². The second-order valence-electron chi connectivity index (χ2n) is 4.40. The molecule has 0 aromatic heterocycles. The Kier molecular flexibility index (Phi) is 7.58. The van der Waals surface area contributed by atoms with Crippen LogP contribution < -0.4 is 5.32 Å². The van der Waals surface area contributed by atoms with Crippen molar-refractivity contribution in [3.8, 4) is 0 Å². The minimum Gasteiger partial charge on any atom is -0.389 e. The maximum atomic E-state index is 11.7. The van der Waals surface area contributed by atoms with E-state index in [0.717, 1.165) is 12.2 Å². The van der Waals surface area contributed by atoms with Gasteiger partial charge >= 0.3 is 6.03 Å². The summed E-state index contributed by atoms with van der Waals surface area (Å²) in [5.74, 6) is 1.05. The summed E-state index contributed by atoms with van der Waals surface area (Å²) in [5.41, 5.74) is -0.841.